The Bertz CT molecular complexity index is 821. The Kier molecular flexibility index (Phi) is 6.48. The van der Waals surface area contributed by atoms with E-state index < -0.39 is 0 Å². The molecule has 0 saturated heterocycles. The molecule has 2 aromatic rings. The van der Waals surface area contributed by atoms with E-state index in [1.165, 1.54) is 0 Å². The molecule has 0 bridgehead atoms. The number of benzene rings is 2. The number of rotatable bonds is 6. The highest BCUT2D eigenvalue weighted by Crippen LogP contribution is 2.21. The lowest BCUT2D eigenvalue weighted by atomic mass is 9.96. The van der Waals surface area contributed by atoms with Crippen LogP contribution in [0.15, 0.2) is 42.5 Å². The average molecular weight is 387 g/mol. The van der Waals surface area contributed by atoms with Crippen LogP contribution in [-0.2, 0) is 29.0 Å². The molecule has 5 nitrogen and oxygen atoms in total. The van der Waals surface area contributed by atoms with E-state index in [4.69, 9.17) is 16.3 Å². The summed E-state index contributed by atoms with van der Waals surface area (Å²) < 4.78 is 4.98. The molecule has 27 heavy (non-hydrogen) atoms. The fraction of sp³-hybridized carbons (Fsp3) is 0.333. The van der Waals surface area contributed by atoms with Gasteiger partial charge in [0, 0.05) is 37.3 Å². The molecule has 0 atom stereocenters. The monoisotopic (exact) mass is 386 g/mol. The first-order valence-corrected chi connectivity index (χ1v) is 9.36. The molecule has 0 fully saturated rings. The van der Waals surface area contributed by atoms with Crippen LogP contribution in [0.25, 0.3) is 0 Å². The summed E-state index contributed by atoms with van der Waals surface area (Å²) in [6.07, 6.45) is 1.16. The van der Waals surface area contributed by atoms with Gasteiger partial charge in [0.2, 0.25) is 5.91 Å². The quantitative estimate of drug-likeness (QED) is 0.829. The Morgan fingerprint density at radius 3 is 2.67 bits per heavy atom. The van der Waals surface area contributed by atoms with Gasteiger partial charge in [0.05, 0.1) is 13.0 Å². The molecule has 0 aliphatic carbocycles. The zero-order valence-electron chi connectivity index (χ0n) is 15.3. The molecule has 3 rings (SSSR count). The van der Waals surface area contributed by atoms with Gasteiger partial charge in [-0.15, -0.1) is 0 Å². The van der Waals surface area contributed by atoms with Gasteiger partial charge in [-0.05, 0) is 47.4 Å². The number of carbonyl (C=O) groups excluding carboxylic acids is 2. The first-order valence-electron chi connectivity index (χ1n) is 8.98. The summed E-state index contributed by atoms with van der Waals surface area (Å²) in [4.78, 5) is 26.5. The maximum absolute atomic E-state index is 12.4. The van der Waals surface area contributed by atoms with E-state index in [1.54, 1.807) is 7.11 Å². The summed E-state index contributed by atoms with van der Waals surface area (Å²) in [7, 11) is 1.60. The van der Waals surface area contributed by atoms with Crippen LogP contribution < -0.4 is 5.32 Å². The van der Waals surface area contributed by atoms with Crippen LogP contribution in [0.3, 0.4) is 0 Å². The number of methoxy groups -OCH3 is 1. The number of nitrogens with zero attached hydrogens (tertiary/aromatic N) is 1. The zero-order chi connectivity index (χ0) is 19.2. The molecule has 142 valence electrons. The van der Waals surface area contributed by atoms with Crippen molar-refractivity contribution in [2.75, 3.05) is 20.3 Å². The minimum Gasteiger partial charge on any atom is -0.384 e. The largest absolute Gasteiger partial charge is 0.384 e. The van der Waals surface area contributed by atoms with E-state index >= 15 is 0 Å². The van der Waals surface area contributed by atoms with Gasteiger partial charge in [-0.25, -0.2) is 0 Å². The van der Waals surface area contributed by atoms with E-state index in [9.17, 15) is 9.59 Å². The lowest BCUT2D eigenvalue weighted by Gasteiger charge is -2.29. The molecule has 0 aromatic heterocycles. The van der Waals surface area contributed by atoms with Gasteiger partial charge in [0.25, 0.3) is 5.91 Å². The first kappa shape index (κ1) is 19.4. The Labute approximate surface area is 164 Å². The topological polar surface area (TPSA) is 58.6 Å². The molecule has 2 aromatic carbocycles. The van der Waals surface area contributed by atoms with Gasteiger partial charge in [-0.2, -0.15) is 0 Å². The van der Waals surface area contributed by atoms with E-state index in [0.717, 1.165) is 23.1 Å². The van der Waals surface area contributed by atoms with E-state index in [2.05, 4.69) is 5.32 Å². The second-order valence-electron chi connectivity index (χ2n) is 6.60. The summed E-state index contributed by atoms with van der Waals surface area (Å²) in [5, 5.41) is 3.61. The lowest BCUT2D eigenvalue weighted by Crippen LogP contribution is -2.36. The molecule has 1 aliphatic heterocycles. The van der Waals surface area contributed by atoms with Gasteiger partial charge in [-0.3, -0.25) is 9.59 Å². The van der Waals surface area contributed by atoms with Crippen molar-refractivity contribution in [2.24, 2.45) is 0 Å². The fourth-order valence-electron chi connectivity index (χ4n) is 3.14. The molecule has 0 saturated carbocycles. The van der Waals surface area contributed by atoms with Crippen molar-refractivity contribution in [2.45, 2.75) is 25.9 Å². The lowest BCUT2D eigenvalue weighted by molar-refractivity contribution is -0.133. The van der Waals surface area contributed by atoms with E-state index in [-0.39, 0.29) is 11.8 Å². The molecule has 2 amide bonds. The smallest absolute Gasteiger partial charge is 0.251 e. The Morgan fingerprint density at radius 2 is 1.93 bits per heavy atom. The maximum atomic E-state index is 12.4. The van der Waals surface area contributed by atoms with E-state index in [0.29, 0.717) is 43.2 Å². The van der Waals surface area contributed by atoms with Gasteiger partial charge < -0.3 is 15.0 Å². The number of carbonyl (C=O) groups is 2. The number of ether oxygens (including phenoxy) is 1. The molecule has 1 N–H and O–H groups in total. The van der Waals surface area contributed by atoms with Crippen LogP contribution in [0, 0.1) is 0 Å². The predicted octanol–water partition coefficient (Wildman–Crippen LogP) is 3.19. The Hall–Kier alpha value is -2.37. The summed E-state index contributed by atoms with van der Waals surface area (Å²) in [5.41, 5.74) is 3.86. The van der Waals surface area contributed by atoms with Crippen molar-refractivity contribution < 1.29 is 14.3 Å². The molecule has 6 heteroatoms. The number of hydrogen-bond donors (Lipinski definition) is 1. The van der Waals surface area contributed by atoms with Crippen LogP contribution in [0.2, 0.25) is 5.02 Å². The molecular weight excluding hydrogens is 364 g/mol. The highest BCUT2D eigenvalue weighted by atomic mass is 35.5. The average Bonchev–Trinajstić information content (AvgIpc) is 2.70. The molecule has 0 unspecified atom stereocenters. The van der Waals surface area contributed by atoms with Crippen LogP contribution in [0.5, 0.6) is 0 Å². The zero-order valence-corrected chi connectivity index (χ0v) is 16.1. The van der Waals surface area contributed by atoms with Crippen molar-refractivity contribution >= 4 is 23.4 Å². The van der Waals surface area contributed by atoms with Crippen molar-refractivity contribution in [1.29, 1.82) is 0 Å². The molecule has 0 radical (unpaired) electrons. The highest BCUT2D eigenvalue weighted by Gasteiger charge is 2.21. The van der Waals surface area contributed by atoms with Gasteiger partial charge >= 0.3 is 0 Å². The standard InChI is InChI=1S/C21H23ClN2O3/c1-27-11-9-20(25)24-10-8-16-12-17(4-5-18(16)14-24)21(26)23-13-15-2-6-19(22)7-3-15/h2-7,12H,8-11,13-14H2,1H3,(H,23,26). The van der Waals surface area contributed by atoms with Crippen molar-refractivity contribution in [3.63, 3.8) is 0 Å². The van der Waals surface area contributed by atoms with Crippen molar-refractivity contribution in [3.05, 3.63) is 69.7 Å². The summed E-state index contributed by atoms with van der Waals surface area (Å²) in [5.74, 6) is -0.00126. The molecule has 0 spiro atoms. The minimum absolute atomic E-state index is 0.104. The highest BCUT2D eigenvalue weighted by molar-refractivity contribution is 6.30. The number of nitrogens with one attached hydrogen (secondary N) is 1. The normalized spacial score (nSPS) is 13.2. The number of amides is 2. The van der Waals surface area contributed by atoms with Crippen LogP contribution in [0.4, 0.5) is 0 Å². The minimum atomic E-state index is -0.105. The Balaban J connectivity index is 1.60. The van der Waals surface area contributed by atoms with Gasteiger partial charge in [-0.1, -0.05) is 29.8 Å². The van der Waals surface area contributed by atoms with Crippen LogP contribution >= 0.6 is 11.6 Å². The first-order chi connectivity index (χ1) is 13.1. The van der Waals surface area contributed by atoms with Gasteiger partial charge in [0.1, 0.15) is 0 Å². The molecule has 1 aliphatic rings. The maximum Gasteiger partial charge on any atom is 0.251 e. The summed E-state index contributed by atoms with van der Waals surface area (Å²) in [6.45, 7) is 2.15. The summed E-state index contributed by atoms with van der Waals surface area (Å²) in [6, 6.07) is 13.1. The Morgan fingerprint density at radius 1 is 1.15 bits per heavy atom. The second-order valence-corrected chi connectivity index (χ2v) is 7.04. The third kappa shape index (κ3) is 5.08. The third-order valence-electron chi connectivity index (χ3n) is 4.72. The van der Waals surface area contributed by atoms with Crippen molar-refractivity contribution in [1.82, 2.24) is 10.2 Å². The van der Waals surface area contributed by atoms with Gasteiger partial charge in [0.15, 0.2) is 0 Å². The number of halogens is 1. The second kappa shape index (κ2) is 9.02. The summed E-state index contributed by atoms with van der Waals surface area (Å²) >= 11 is 5.87. The molecular formula is C21H23ClN2O3. The van der Waals surface area contributed by atoms with Crippen molar-refractivity contribution in [3.8, 4) is 0 Å². The third-order valence-corrected chi connectivity index (χ3v) is 4.97. The van der Waals surface area contributed by atoms with Crippen LogP contribution in [0.1, 0.15) is 33.5 Å². The van der Waals surface area contributed by atoms with Crippen LogP contribution in [-0.4, -0.2) is 37.0 Å². The number of hydrogen-bond acceptors (Lipinski definition) is 3. The molecule has 1 heterocycles. The predicted molar refractivity (Wildman–Crippen MR) is 105 cm³/mol. The SMILES string of the molecule is COCCC(=O)N1CCc2cc(C(=O)NCc3ccc(Cl)cc3)ccc2C1. The number of fused-ring (bicyclic) bond motifs is 1. The fourth-order valence-corrected chi connectivity index (χ4v) is 3.27. The van der Waals surface area contributed by atoms with E-state index in [1.807, 2.05) is 47.4 Å².